The van der Waals surface area contributed by atoms with Gasteiger partial charge in [-0.1, -0.05) is 29.8 Å². The van der Waals surface area contributed by atoms with Crippen LogP contribution in [0.25, 0.3) is 0 Å². The molecule has 1 atom stereocenters. The van der Waals surface area contributed by atoms with Gasteiger partial charge >= 0.3 is 5.97 Å². The molecular weight excluding hydrogens is 288 g/mol. The summed E-state index contributed by atoms with van der Waals surface area (Å²) in [5.74, 6) is -0.738. The number of ketones is 1. The van der Waals surface area contributed by atoms with Gasteiger partial charge in [0.1, 0.15) is 0 Å². The van der Waals surface area contributed by atoms with Crippen LogP contribution in [-0.4, -0.2) is 22.6 Å². The van der Waals surface area contributed by atoms with Crippen LogP contribution in [0.3, 0.4) is 0 Å². The minimum atomic E-state index is -0.887. The molecule has 4 nitrogen and oxygen atoms in total. The monoisotopic (exact) mass is 304 g/mol. The Kier molecular flexibility index (Phi) is 5.22. The van der Waals surface area contributed by atoms with Crippen molar-refractivity contribution in [3.63, 3.8) is 0 Å². The molecule has 1 aromatic carbocycles. The molecule has 0 spiro atoms. The van der Waals surface area contributed by atoms with E-state index in [-0.39, 0.29) is 23.2 Å². The van der Waals surface area contributed by atoms with Crippen molar-refractivity contribution >= 4 is 23.5 Å². The molecule has 0 saturated heterocycles. The van der Waals surface area contributed by atoms with Crippen molar-refractivity contribution in [2.45, 2.75) is 18.6 Å². The van der Waals surface area contributed by atoms with Crippen LogP contribution in [0.2, 0.25) is 0 Å². The number of Topliss-reactive ketones (excluding diaryl/α,β-unsaturated/α-hetero) is 1. The Morgan fingerprint density at radius 2 is 1.95 bits per heavy atom. The summed E-state index contributed by atoms with van der Waals surface area (Å²) in [6, 6.07) is 11.1. The van der Waals surface area contributed by atoms with Crippen molar-refractivity contribution in [3.8, 4) is 0 Å². The van der Waals surface area contributed by atoms with Gasteiger partial charge in [-0.2, -0.15) is 0 Å². The average molecular weight is 304 g/mol. The Balaban J connectivity index is 2.13. The molecule has 5 heteroatoms. The van der Waals surface area contributed by atoms with E-state index in [1.165, 1.54) is 18.0 Å². The fraction of sp³-hybridized carbons (Fsp3) is 0.250. The number of carbonyl (C=O) groups excluding carboxylic acids is 1. The van der Waals surface area contributed by atoms with Crippen LogP contribution < -0.4 is 0 Å². The minimum absolute atomic E-state index is 0.0377. The zero-order chi connectivity index (χ0) is 15.2. The Labute approximate surface area is 127 Å². The number of carbonyl (C=O) groups is 2. The Morgan fingerprint density at radius 1 is 1.24 bits per heavy atom. The Bertz CT molecular complexity index is 602. The average Bonchev–Trinajstić information content (AvgIpc) is 2.98. The molecule has 0 aliphatic rings. The molecule has 0 saturated carbocycles. The third kappa shape index (κ3) is 4.49. The van der Waals surface area contributed by atoms with Crippen molar-refractivity contribution in [2.75, 3.05) is 5.75 Å². The molecule has 1 aromatic heterocycles. The van der Waals surface area contributed by atoms with Crippen LogP contribution >= 0.6 is 11.8 Å². The number of furan rings is 1. The summed E-state index contributed by atoms with van der Waals surface area (Å²) < 4.78 is 5.10. The standard InChI is InChI=1S/C16H16O4S/c1-11-4-6-12(7-5-11)15(21-10-16(18)19)9-13(17)14-3-2-8-20-14/h2-8,15H,9-10H2,1H3,(H,18,19). The van der Waals surface area contributed by atoms with Gasteiger partial charge < -0.3 is 9.52 Å². The van der Waals surface area contributed by atoms with Gasteiger partial charge in [0, 0.05) is 11.7 Å². The molecule has 21 heavy (non-hydrogen) atoms. The quantitative estimate of drug-likeness (QED) is 0.790. The maximum absolute atomic E-state index is 12.1. The smallest absolute Gasteiger partial charge is 0.313 e. The number of benzene rings is 1. The number of thioether (sulfide) groups is 1. The predicted molar refractivity (Wildman–Crippen MR) is 81.7 cm³/mol. The van der Waals surface area contributed by atoms with Crippen molar-refractivity contribution < 1.29 is 19.1 Å². The summed E-state index contributed by atoms with van der Waals surface area (Å²) in [5.41, 5.74) is 2.07. The van der Waals surface area contributed by atoms with Crippen molar-refractivity contribution in [1.29, 1.82) is 0 Å². The van der Waals surface area contributed by atoms with E-state index in [0.717, 1.165) is 11.1 Å². The maximum Gasteiger partial charge on any atom is 0.313 e. The molecule has 0 bridgehead atoms. The predicted octanol–water partition coefficient (Wildman–Crippen LogP) is 3.72. The largest absolute Gasteiger partial charge is 0.481 e. The third-order valence-corrected chi connectivity index (χ3v) is 4.28. The summed E-state index contributed by atoms with van der Waals surface area (Å²) in [6.07, 6.45) is 1.67. The van der Waals surface area contributed by atoms with E-state index in [0.29, 0.717) is 5.76 Å². The van der Waals surface area contributed by atoms with E-state index in [4.69, 9.17) is 9.52 Å². The normalized spacial score (nSPS) is 12.0. The van der Waals surface area contributed by atoms with Crippen LogP contribution in [0.5, 0.6) is 0 Å². The van der Waals surface area contributed by atoms with Gasteiger partial charge in [-0.3, -0.25) is 9.59 Å². The van der Waals surface area contributed by atoms with Gasteiger partial charge in [-0.05, 0) is 24.6 Å². The zero-order valence-corrected chi connectivity index (χ0v) is 12.4. The Hall–Kier alpha value is -2.01. The molecule has 2 rings (SSSR count). The number of aryl methyl sites for hydroxylation is 1. The van der Waals surface area contributed by atoms with Crippen LogP contribution in [0.1, 0.15) is 33.4 Å². The van der Waals surface area contributed by atoms with Gasteiger partial charge in [0.25, 0.3) is 0 Å². The second-order valence-corrected chi connectivity index (χ2v) is 5.90. The summed E-state index contributed by atoms with van der Waals surface area (Å²) >= 11 is 1.25. The van der Waals surface area contributed by atoms with E-state index < -0.39 is 5.97 Å². The van der Waals surface area contributed by atoms with E-state index in [1.54, 1.807) is 12.1 Å². The number of rotatable bonds is 7. The van der Waals surface area contributed by atoms with Crippen LogP contribution in [-0.2, 0) is 4.79 Å². The maximum atomic E-state index is 12.1. The first kappa shape index (κ1) is 15.4. The lowest BCUT2D eigenvalue weighted by atomic mass is 10.0. The molecule has 0 aliphatic heterocycles. The summed E-state index contributed by atoms with van der Waals surface area (Å²) in [7, 11) is 0. The SMILES string of the molecule is Cc1ccc(C(CC(=O)c2ccco2)SCC(=O)O)cc1. The first-order chi connectivity index (χ1) is 10.1. The first-order valence-electron chi connectivity index (χ1n) is 6.53. The molecule has 0 aliphatic carbocycles. The number of aliphatic carboxylic acids is 1. The van der Waals surface area contributed by atoms with Crippen LogP contribution in [0.4, 0.5) is 0 Å². The summed E-state index contributed by atoms with van der Waals surface area (Å²) in [5, 5.41) is 8.65. The molecule has 2 aromatic rings. The van der Waals surface area contributed by atoms with Gasteiger partial charge in [0.15, 0.2) is 11.5 Å². The minimum Gasteiger partial charge on any atom is -0.481 e. The number of carboxylic acid groups (broad SMARTS) is 1. The molecule has 0 fully saturated rings. The van der Waals surface area contributed by atoms with Crippen molar-refractivity contribution in [2.24, 2.45) is 0 Å². The lowest BCUT2D eigenvalue weighted by Gasteiger charge is -2.15. The number of hydrogen-bond donors (Lipinski definition) is 1. The number of carboxylic acids is 1. The van der Waals surface area contributed by atoms with Gasteiger partial charge in [-0.25, -0.2) is 0 Å². The molecular formula is C16H16O4S. The van der Waals surface area contributed by atoms with E-state index >= 15 is 0 Å². The summed E-state index contributed by atoms with van der Waals surface area (Å²) in [6.45, 7) is 1.98. The van der Waals surface area contributed by atoms with Gasteiger partial charge in [0.2, 0.25) is 0 Å². The van der Waals surface area contributed by atoms with Crippen molar-refractivity contribution in [1.82, 2.24) is 0 Å². The van der Waals surface area contributed by atoms with Gasteiger partial charge in [-0.15, -0.1) is 11.8 Å². The van der Waals surface area contributed by atoms with E-state index in [1.807, 2.05) is 31.2 Å². The fourth-order valence-electron chi connectivity index (χ4n) is 1.93. The van der Waals surface area contributed by atoms with E-state index in [2.05, 4.69) is 0 Å². The van der Waals surface area contributed by atoms with Crippen LogP contribution in [0, 0.1) is 6.92 Å². The topological polar surface area (TPSA) is 67.5 Å². The second-order valence-electron chi connectivity index (χ2n) is 4.71. The fourth-order valence-corrected chi connectivity index (χ4v) is 2.89. The highest BCUT2D eigenvalue weighted by molar-refractivity contribution is 8.00. The van der Waals surface area contributed by atoms with Crippen molar-refractivity contribution in [3.05, 3.63) is 59.5 Å². The summed E-state index contributed by atoms with van der Waals surface area (Å²) in [4.78, 5) is 22.9. The van der Waals surface area contributed by atoms with Crippen LogP contribution in [0.15, 0.2) is 47.1 Å². The lowest BCUT2D eigenvalue weighted by molar-refractivity contribution is -0.133. The number of hydrogen-bond acceptors (Lipinski definition) is 4. The first-order valence-corrected chi connectivity index (χ1v) is 7.58. The second kappa shape index (κ2) is 7.13. The molecule has 0 amide bonds. The highest BCUT2D eigenvalue weighted by Crippen LogP contribution is 2.33. The lowest BCUT2D eigenvalue weighted by Crippen LogP contribution is -2.08. The van der Waals surface area contributed by atoms with E-state index in [9.17, 15) is 9.59 Å². The third-order valence-electron chi connectivity index (χ3n) is 3.02. The Morgan fingerprint density at radius 3 is 2.52 bits per heavy atom. The molecule has 1 N–H and O–H groups in total. The molecule has 1 unspecified atom stereocenters. The highest BCUT2D eigenvalue weighted by Gasteiger charge is 2.20. The highest BCUT2D eigenvalue weighted by atomic mass is 32.2. The zero-order valence-electron chi connectivity index (χ0n) is 11.6. The molecule has 0 radical (unpaired) electrons. The molecule has 1 heterocycles. The van der Waals surface area contributed by atoms with Gasteiger partial charge in [0.05, 0.1) is 12.0 Å². The molecule has 110 valence electrons.